The van der Waals surface area contributed by atoms with Crippen LogP contribution in [0, 0.1) is 0 Å². The maximum absolute atomic E-state index is 12.7. The zero-order valence-corrected chi connectivity index (χ0v) is 13.5. The van der Waals surface area contributed by atoms with Gasteiger partial charge in [0, 0.05) is 21.2 Å². The van der Waals surface area contributed by atoms with Gasteiger partial charge in [-0.15, -0.1) is 0 Å². The number of nitrogens with two attached hydrogens (primary N) is 1. The van der Waals surface area contributed by atoms with Gasteiger partial charge in [-0.1, -0.05) is 46.7 Å². The second kappa shape index (κ2) is 6.08. The van der Waals surface area contributed by atoms with Gasteiger partial charge in [0.2, 0.25) is 5.78 Å². The largest absolute Gasteiger partial charge is 0.375 e. The van der Waals surface area contributed by atoms with E-state index >= 15 is 0 Å². The average Bonchev–Trinajstić information content (AvgIpc) is 2.89. The van der Waals surface area contributed by atoms with Crippen LogP contribution < -0.4 is 5.73 Å². The van der Waals surface area contributed by atoms with E-state index in [-0.39, 0.29) is 5.78 Å². The van der Waals surface area contributed by atoms with Crippen LogP contribution in [-0.4, -0.2) is 10.8 Å². The number of carbonyl (C=O) groups excluding carboxylic acids is 1. The van der Waals surface area contributed by atoms with Crippen molar-refractivity contribution in [1.29, 1.82) is 0 Å². The number of carbonyl (C=O) groups is 1. The number of halogens is 2. The second-order valence-electron chi connectivity index (χ2n) is 4.58. The summed E-state index contributed by atoms with van der Waals surface area (Å²) in [6.07, 6.45) is 0. The molecule has 2 N–H and O–H groups in total. The van der Waals surface area contributed by atoms with Crippen molar-refractivity contribution in [1.82, 2.24) is 4.98 Å². The number of anilines is 1. The van der Waals surface area contributed by atoms with Crippen LogP contribution in [0.1, 0.15) is 15.2 Å². The molecule has 0 saturated heterocycles. The van der Waals surface area contributed by atoms with Crippen molar-refractivity contribution in [2.24, 2.45) is 0 Å². The Labute approximate surface area is 141 Å². The fraction of sp³-hybridized carbons (Fsp3) is 0. The third-order valence-corrected chi connectivity index (χ3v) is 4.42. The second-order valence-corrected chi connectivity index (χ2v) is 6.48. The third kappa shape index (κ3) is 2.99. The number of hydrogen-bond donors (Lipinski definition) is 1. The Morgan fingerprint density at radius 3 is 2.45 bits per heavy atom. The highest BCUT2D eigenvalue weighted by Crippen LogP contribution is 2.32. The normalized spacial score (nSPS) is 10.6. The maximum Gasteiger partial charge on any atom is 0.205 e. The molecule has 0 amide bonds. The number of aromatic nitrogens is 1. The Bertz CT molecular complexity index is 844. The molecule has 3 nitrogen and oxygen atoms in total. The van der Waals surface area contributed by atoms with Gasteiger partial charge in [0.25, 0.3) is 0 Å². The summed E-state index contributed by atoms with van der Waals surface area (Å²) in [5, 5.41) is 1.50. The van der Waals surface area contributed by atoms with Crippen LogP contribution in [0.15, 0.2) is 48.5 Å². The molecule has 0 radical (unpaired) electrons. The van der Waals surface area contributed by atoms with E-state index < -0.39 is 0 Å². The number of rotatable bonds is 3. The number of nitrogens with zero attached hydrogens (tertiary/aromatic N) is 1. The Hall–Kier alpha value is -1.88. The van der Waals surface area contributed by atoms with Crippen molar-refractivity contribution in [3.63, 3.8) is 0 Å². The SMILES string of the molecule is Nc1nc(-c2cccc(Cl)c2)c(C(=O)c2ccc(Cl)cc2)s1. The molecule has 0 saturated carbocycles. The number of benzene rings is 2. The fourth-order valence-corrected chi connectivity index (χ4v) is 3.19. The van der Waals surface area contributed by atoms with Crippen molar-refractivity contribution in [2.45, 2.75) is 0 Å². The van der Waals surface area contributed by atoms with Crippen molar-refractivity contribution in [2.75, 3.05) is 5.73 Å². The van der Waals surface area contributed by atoms with Crippen LogP contribution in [0.25, 0.3) is 11.3 Å². The number of ketones is 1. The molecule has 0 atom stereocenters. The molecule has 0 spiro atoms. The zero-order valence-electron chi connectivity index (χ0n) is 11.2. The van der Waals surface area contributed by atoms with Crippen LogP contribution in [-0.2, 0) is 0 Å². The van der Waals surface area contributed by atoms with Gasteiger partial charge < -0.3 is 5.73 Å². The summed E-state index contributed by atoms with van der Waals surface area (Å²) in [4.78, 5) is 17.5. The highest BCUT2D eigenvalue weighted by atomic mass is 35.5. The molecule has 6 heteroatoms. The lowest BCUT2D eigenvalue weighted by Gasteiger charge is -2.03. The Morgan fingerprint density at radius 2 is 1.77 bits per heavy atom. The average molecular weight is 349 g/mol. The lowest BCUT2D eigenvalue weighted by atomic mass is 10.1. The quantitative estimate of drug-likeness (QED) is 0.682. The third-order valence-electron chi connectivity index (χ3n) is 3.05. The summed E-state index contributed by atoms with van der Waals surface area (Å²) < 4.78 is 0. The smallest absolute Gasteiger partial charge is 0.205 e. The van der Waals surface area contributed by atoms with Gasteiger partial charge in [0.1, 0.15) is 4.88 Å². The Morgan fingerprint density at radius 1 is 1.05 bits per heavy atom. The van der Waals surface area contributed by atoms with E-state index in [2.05, 4.69) is 4.98 Å². The summed E-state index contributed by atoms with van der Waals surface area (Å²) in [5.74, 6) is -0.138. The number of nitrogen functional groups attached to an aromatic ring is 1. The topological polar surface area (TPSA) is 56.0 Å². The Kier molecular flexibility index (Phi) is 4.16. The molecule has 22 heavy (non-hydrogen) atoms. The predicted molar refractivity (Wildman–Crippen MR) is 91.9 cm³/mol. The van der Waals surface area contributed by atoms with Gasteiger partial charge in [-0.2, -0.15) is 0 Å². The van der Waals surface area contributed by atoms with Crippen LogP contribution in [0.4, 0.5) is 5.13 Å². The van der Waals surface area contributed by atoms with Crippen molar-refractivity contribution in [3.05, 3.63) is 69.0 Å². The van der Waals surface area contributed by atoms with Crippen molar-refractivity contribution < 1.29 is 4.79 Å². The van der Waals surface area contributed by atoms with Crippen LogP contribution in [0.2, 0.25) is 10.0 Å². The standard InChI is InChI=1S/C16H10Cl2N2OS/c17-11-6-4-9(5-7-11)14(21)15-13(20-16(19)22-15)10-2-1-3-12(18)8-10/h1-8H,(H2,19,20). The van der Waals surface area contributed by atoms with E-state index in [9.17, 15) is 4.79 Å². The monoisotopic (exact) mass is 348 g/mol. The van der Waals surface area contributed by atoms with Gasteiger partial charge in [-0.3, -0.25) is 4.79 Å². The van der Waals surface area contributed by atoms with E-state index in [0.29, 0.717) is 31.3 Å². The first-order valence-corrected chi connectivity index (χ1v) is 7.94. The van der Waals surface area contributed by atoms with E-state index in [1.54, 1.807) is 36.4 Å². The first-order valence-electron chi connectivity index (χ1n) is 6.37. The minimum atomic E-state index is -0.138. The number of thiazole rings is 1. The van der Waals surface area contributed by atoms with Crippen molar-refractivity contribution >= 4 is 45.5 Å². The number of hydrogen-bond acceptors (Lipinski definition) is 4. The summed E-state index contributed by atoms with van der Waals surface area (Å²) in [7, 11) is 0. The molecule has 0 fully saturated rings. The van der Waals surface area contributed by atoms with Gasteiger partial charge >= 0.3 is 0 Å². The van der Waals surface area contributed by atoms with E-state index in [0.717, 1.165) is 16.9 Å². The lowest BCUT2D eigenvalue weighted by molar-refractivity contribution is 0.104. The van der Waals surface area contributed by atoms with Gasteiger partial charge in [-0.05, 0) is 36.4 Å². The van der Waals surface area contributed by atoms with E-state index in [4.69, 9.17) is 28.9 Å². The molecule has 2 aromatic carbocycles. The fourth-order valence-electron chi connectivity index (χ4n) is 2.05. The maximum atomic E-state index is 12.7. The van der Waals surface area contributed by atoms with Gasteiger partial charge in [0.15, 0.2) is 5.13 Å². The first kappa shape index (κ1) is 15.0. The minimum Gasteiger partial charge on any atom is -0.375 e. The molecular formula is C16H10Cl2N2OS. The van der Waals surface area contributed by atoms with Crippen LogP contribution >= 0.6 is 34.5 Å². The van der Waals surface area contributed by atoms with Crippen molar-refractivity contribution in [3.8, 4) is 11.3 Å². The molecule has 0 aliphatic carbocycles. The zero-order chi connectivity index (χ0) is 15.7. The van der Waals surface area contributed by atoms with E-state index in [1.165, 1.54) is 0 Å². The summed E-state index contributed by atoms with van der Waals surface area (Å²) in [6, 6.07) is 13.9. The minimum absolute atomic E-state index is 0.138. The summed E-state index contributed by atoms with van der Waals surface area (Å²) in [5.41, 5.74) is 7.64. The summed E-state index contributed by atoms with van der Waals surface area (Å²) >= 11 is 13.0. The lowest BCUT2D eigenvalue weighted by Crippen LogP contribution is -2.00. The molecule has 0 aliphatic heterocycles. The molecule has 1 aromatic heterocycles. The van der Waals surface area contributed by atoms with E-state index in [1.807, 2.05) is 12.1 Å². The Balaban J connectivity index is 2.08. The van der Waals surface area contributed by atoms with Crippen LogP contribution in [0.3, 0.4) is 0 Å². The van der Waals surface area contributed by atoms with Gasteiger partial charge in [-0.25, -0.2) is 4.98 Å². The molecule has 3 rings (SSSR count). The highest BCUT2D eigenvalue weighted by Gasteiger charge is 2.20. The first-order chi connectivity index (χ1) is 10.5. The molecule has 0 unspecified atom stereocenters. The summed E-state index contributed by atoms with van der Waals surface area (Å²) in [6.45, 7) is 0. The molecule has 0 aliphatic rings. The molecule has 3 aromatic rings. The van der Waals surface area contributed by atoms with Gasteiger partial charge in [0.05, 0.1) is 5.69 Å². The predicted octanol–water partition coefficient (Wildman–Crippen LogP) is 4.93. The molecule has 110 valence electrons. The molecule has 0 bridgehead atoms. The molecular weight excluding hydrogens is 339 g/mol. The highest BCUT2D eigenvalue weighted by molar-refractivity contribution is 7.18. The van der Waals surface area contributed by atoms with Crippen LogP contribution in [0.5, 0.6) is 0 Å². The molecule has 1 heterocycles.